The molecule has 90 heavy (non-hydrogen) atoms. The molecule has 18 aromatic rings. The number of para-hydroxylation sites is 1. The Labute approximate surface area is 520 Å². The highest BCUT2D eigenvalue weighted by molar-refractivity contribution is 7.25. The normalized spacial score (nSPS) is 11.8. The Bertz CT molecular complexity index is 5910. The van der Waals surface area contributed by atoms with Gasteiger partial charge in [-0.05, 0) is 112 Å². The first-order valence-electron chi connectivity index (χ1n) is 30.1. The van der Waals surface area contributed by atoms with Crippen LogP contribution in [0.3, 0.4) is 0 Å². The van der Waals surface area contributed by atoms with Crippen LogP contribution in [0.25, 0.3) is 187 Å². The fourth-order valence-corrected chi connectivity index (χ4v) is 14.2. The van der Waals surface area contributed by atoms with Crippen LogP contribution in [0.4, 0.5) is 0 Å². The largest absolute Gasteiger partial charge is 0.456 e. The zero-order chi connectivity index (χ0) is 59.2. The number of hydrogen-bond acceptors (Lipinski definition) is 8. The maximum absolute atomic E-state index is 6.28. The quantitative estimate of drug-likeness (QED) is 0.133. The average Bonchev–Trinajstić information content (AvgIpc) is 0.877. The summed E-state index contributed by atoms with van der Waals surface area (Å²) >= 11 is 1.82. The van der Waals surface area contributed by atoms with Crippen molar-refractivity contribution in [2.75, 3.05) is 0 Å². The molecular weight excluding hydrogens is 1120 g/mol. The molecule has 0 saturated carbocycles. The molecule has 0 spiro atoms. The second-order valence-electron chi connectivity index (χ2n) is 22.9. The molecule has 0 amide bonds. The molecule has 0 radical (unpaired) electrons. The van der Waals surface area contributed by atoms with Crippen LogP contribution in [-0.2, 0) is 0 Å². The second kappa shape index (κ2) is 21.0. The summed E-state index contributed by atoms with van der Waals surface area (Å²) in [5.74, 6) is 1.26. The van der Waals surface area contributed by atoms with Crippen molar-refractivity contribution in [2.24, 2.45) is 0 Å². The lowest BCUT2D eigenvalue weighted by Gasteiger charge is -2.16. The summed E-state index contributed by atoms with van der Waals surface area (Å²) in [6.07, 6.45) is 0. The van der Waals surface area contributed by atoms with E-state index in [9.17, 15) is 0 Å². The number of furan rings is 1. The molecule has 0 aliphatic heterocycles. The molecule has 418 valence electrons. The summed E-state index contributed by atoms with van der Waals surface area (Å²) in [5, 5.41) is 8.42. The summed E-state index contributed by atoms with van der Waals surface area (Å²) in [6.45, 7) is 0. The molecule has 6 heterocycles. The Morgan fingerprint density at radius 1 is 0.222 bits per heavy atom. The number of benzene rings is 12. The molecule has 0 saturated heterocycles. The SMILES string of the molecule is c1ccc(-c2nc(-c3cccc(-c4cccc(-c5cc(-c6ccccc6)c6ccc7c(-c8ccc9sc%10ccccc%10c9c8)nc(-c8ccccc8)nc7c6n5)c4)c3)c3ccc4c(-c5ccccc5)cc(-c5ccc6oc7ccccc7c6c5)nc4c3n2)cc1. The molecule has 0 aliphatic rings. The number of rotatable bonds is 9. The Balaban J connectivity index is 0.805. The third-order valence-corrected chi connectivity index (χ3v) is 18.6. The van der Waals surface area contributed by atoms with E-state index in [1.54, 1.807) is 0 Å². The highest BCUT2D eigenvalue weighted by Gasteiger charge is 2.22. The number of pyridine rings is 2. The molecule has 0 fully saturated rings. The molecule has 0 N–H and O–H groups in total. The van der Waals surface area contributed by atoms with E-state index in [1.165, 1.54) is 20.2 Å². The van der Waals surface area contributed by atoms with Crippen molar-refractivity contribution in [2.45, 2.75) is 0 Å². The number of hydrogen-bond donors (Lipinski definition) is 0. The van der Waals surface area contributed by atoms with E-state index in [0.717, 1.165) is 155 Å². The molecule has 18 rings (SSSR count). The lowest BCUT2D eigenvalue weighted by atomic mass is 9.94. The first-order chi connectivity index (χ1) is 44.6. The van der Waals surface area contributed by atoms with Crippen molar-refractivity contribution in [1.29, 1.82) is 0 Å². The van der Waals surface area contributed by atoms with Crippen molar-refractivity contribution >= 4 is 97.1 Å². The smallest absolute Gasteiger partial charge is 0.160 e. The molecule has 0 aliphatic carbocycles. The van der Waals surface area contributed by atoms with Gasteiger partial charge < -0.3 is 4.42 Å². The standard InChI is InChI=1S/C82H48N6OS/c1-5-19-49(20-6-1)65-47-69(83-77-61(65)38-40-64-76(86-82(88-80(64)77)52-25-11-4-12-26-52)58-36-42-74-68(46-58)60-32-14-16-34-73(60)90-74)55-29-17-27-53(43-55)54-28-18-30-57(44-54)75-63-39-37-62-66(50-21-7-2-8-22-50)48-70(56-35-41-72-67(45-56)59-31-13-15-33-71(59)89-72)84-78(62)79(63)87-81(85-75)51-23-9-3-10-24-51/h1-48H. The van der Waals surface area contributed by atoms with Crippen LogP contribution in [0.2, 0.25) is 0 Å². The van der Waals surface area contributed by atoms with Crippen LogP contribution in [0, 0.1) is 0 Å². The Morgan fingerprint density at radius 3 is 1.23 bits per heavy atom. The van der Waals surface area contributed by atoms with Gasteiger partial charge in [-0.25, -0.2) is 29.9 Å². The van der Waals surface area contributed by atoms with E-state index < -0.39 is 0 Å². The van der Waals surface area contributed by atoms with E-state index in [-0.39, 0.29) is 0 Å². The molecule has 12 aromatic carbocycles. The first kappa shape index (κ1) is 51.4. The van der Waals surface area contributed by atoms with Gasteiger partial charge in [-0.3, -0.25) is 0 Å². The summed E-state index contributed by atoms with van der Waals surface area (Å²) in [7, 11) is 0. The van der Waals surface area contributed by atoms with Crippen LogP contribution in [0.5, 0.6) is 0 Å². The monoisotopic (exact) mass is 1160 g/mol. The third-order valence-electron chi connectivity index (χ3n) is 17.5. The van der Waals surface area contributed by atoms with E-state index >= 15 is 0 Å². The van der Waals surface area contributed by atoms with Gasteiger partial charge in [0.05, 0.1) is 33.8 Å². The summed E-state index contributed by atoms with van der Waals surface area (Å²) in [4.78, 5) is 33.0. The summed E-state index contributed by atoms with van der Waals surface area (Å²) in [6, 6.07) is 102. The van der Waals surface area contributed by atoms with Gasteiger partial charge in [0.25, 0.3) is 0 Å². The molecule has 0 atom stereocenters. The molecule has 0 unspecified atom stereocenters. The second-order valence-corrected chi connectivity index (χ2v) is 23.9. The van der Waals surface area contributed by atoms with Gasteiger partial charge in [0.1, 0.15) is 22.2 Å². The van der Waals surface area contributed by atoms with Crippen LogP contribution in [0.1, 0.15) is 0 Å². The van der Waals surface area contributed by atoms with Crippen molar-refractivity contribution in [3.63, 3.8) is 0 Å². The van der Waals surface area contributed by atoms with E-state index in [4.69, 9.17) is 34.3 Å². The summed E-state index contributed by atoms with van der Waals surface area (Å²) in [5.41, 5.74) is 20.4. The van der Waals surface area contributed by atoms with Crippen LogP contribution >= 0.6 is 11.3 Å². The highest BCUT2D eigenvalue weighted by Crippen LogP contribution is 2.44. The minimum Gasteiger partial charge on any atom is -0.456 e. The molecule has 6 aromatic heterocycles. The molecule has 7 nitrogen and oxygen atoms in total. The van der Waals surface area contributed by atoms with Crippen molar-refractivity contribution in [3.05, 3.63) is 291 Å². The van der Waals surface area contributed by atoms with E-state index in [0.29, 0.717) is 11.6 Å². The summed E-state index contributed by atoms with van der Waals surface area (Å²) < 4.78 is 8.79. The number of thiophene rings is 1. The van der Waals surface area contributed by atoms with E-state index in [1.807, 2.05) is 59.9 Å². The van der Waals surface area contributed by atoms with E-state index in [2.05, 4.69) is 243 Å². The lowest BCUT2D eigenvalue weighted by Crippen LogP contribution is -1.98. The first-order valence-corrected chi connectivity index (χ1v) is 31.0. The number of nitrogens with zero attached hydrogens (tertiary/aromatic N) is 6. The topological polar surface area (TPSA) is 90.5 Å². The number of fused-ring (bicyclic) bond motifs is 12. The highest BCUT2D eigenvalue weighted by atomic mass is 32.1. The average molecular weight is 1170 g/mol. The minimum atomic E-state index is 0.618. The Hall–Kier alpha value is -11.8. The third kappa shape index (κ3) is 8.72. The minimum absolute atomic E-state index is 0.618. The Morgan fingerprint density at radius 2 is 0.633 bits per heavy atom. The van der Waals surface area contributed by atoms with Crippen LogP contribution in [0.15, 0.2) is 296 Å². The van der Waals surface area contributed by atoms with Gasteiger partial charge in [0.15, 0.2) is 11.6 Å². The zero-order valence-electron chi connectivity index (χ0n) is 48.2. The van der Waals surface area contributed by atoms with Crippen molar-refractivity contribution in [1.82, 2.24) is 29.9 Å². The lowest BCUT2D eigenvalue weighted by molar-refractivity contribution is 0.669. The van der Waals surface area contributed by atoms with Gasteiger partial charge in [0, 0.05) is 85.9 Å². The Kier molecular flexibility index (Phi) is 12.0. The maximum atomic E-state index is 6.28. The van der Waals surface area contributed by atoms with Gasteiger partial charge in [-0.1, -0.05) is 212 Å². The molecule has 0 bridgehead atoms. The predicted molar refractivity (Wildman–Crippen MR) is 372 cm³/mol. The number of aromatic nitrogens is 6. The molecule has 8 heteroatoms. The van der Waals surface area contributed by atoms with Crippen molar-refractivity contribution in [3.8, 4) is 101 Å². The van der Waals surface area contributed by atoms with Gasteiger partial charge >= 0.3 is 0 Å². The fourth-order valence-electron chi connectivity index (χ4n) is 13.1. The maximum Gasteiger partial charge on any atom is 0.160 e. The van der Waals surface area contributed by atoms with Gasteiger partial charge in [-0.2, -0.15) is 0 Å². The zero-order valence-corrected chi connectivity index (χ0v) is 49.0. The van der Waals surface area contributed by atoms with Gasteiger partial charge in [-0.15, -0.1) is 11.3 Å². The van der Waals surface area contributed by atoms with Crippen molar-refractivity contribution < 1.29 is 4.42 Å². The molecular formula is C82H48N6OS. The predicted octanol–water partition coefficient (Wildman–Crippen LogP) is 21.9. The van der Waals surface area contributed by atoms with Crippen LogP contribution in [-0.4, -0.2) is 29.9 Å². The van der Waals surface area contributed by atoms with Gasteiger partial charge in [0.2, 0.25) is 0 Å². The fraction of sp³-hybridized carbons (Fsp3) is 0. The van der Waals surface area contributed by atoms with Crippen LogP contribution < -0.4 is 0 Å².